The fraction of sp³-hybridized carbons (Fsp3) is 0.667. The maximum atomic E-state index is 11.8. The van der Waals surface area contributed by atoms with Crippen LogP contribution in [0.25, 0.3) is 0 Å². The van der Waals surface area contributed by atoms with Crippen LogP contribution in [0.2, 0.25) is 0 Å². The van der Waals surface area contributed by atoms with Gasteiger partial charge in [-0.25, -0.2) is 4.98 Å². The Balaban J connectivity index is 2.52. The van der Waals surface area contributed by atoms with E-state index in [1.807, 2.05) is 0 Å². The van der Waals surface area contributed by atoms with Gasteiger partial charge in [0, 0.05) is 11.3 Å². The molecule has 2 rings (SSSR count). The topological polar surface area (TPSA) is 45.8 Å². The molecule has 0 amide bonds. The third kappa shape index (κ3) is 2.17. The quantitative estimate of drug-likeness (QED) is 0.804. The van der Waals surface area contributed by atoms with Gasteiger partial charge in [0.05, 0.1) is 5.69 Å². The molecule has 3 nitrogen and oxygen atoms in total. The highest BCUT2D eigenvalue weighted by Crippen LogP contribution is 2.45. The average Bonchev–Trinajstić information content (AvgIpc) is 2.85. The maximum Gasteiger partial charge on any atom is 0.264 e. The molecule has 1 aromatic heterocycles. The number of halogens is 1. The Hall–Kier alpha value is -0.390. The summed E-state index contributed by atoms with van der Waals surface area (Å²) in [6, 6.07) is 0. The van der Waals surface area contributed by atoms with Gasteiger partial charge in [-0.2, -0.15) is 0 Å². The molecule has 2 atom stereocenters. The van der Waals surface area contributed by atoms with Gasteiger partial charge in [0.25, 0.3) is 5.56 Å². The number of rotatable bonds is 1. The first kappa shape index (κ1) is 12.1. The summed E-state index contributed by atoms with van der Waals surface area (Å²) < 4.78 is 0.724. The van der Waals surface area contributed by atoms with E-state index in [2.05, 4.69) is 60.3 Å². The lowest BCUT2D eigenvalue weighted by Gasteiger charge is -2.19. The van der Waals surface area contributed by atoms with E-state index in [0.29, 0.717) is 11.8 Å². The Morgan fingerprint density at radius 3 is 2.44 bits per heavy atom. The zero-order valence-electron chi connectivity index (χ0n) is 10.1. The van der Waals surface area contributed by atoms with Crippen molar-refractivity contribution in [2.45, 2.75) is 45.4 Å². The minimum Gasteiger partial charge on any atom is -0.309 e. The molecule has 0 spiro atoms. The van der Waals surface area contributed by atoms with Crippen molar-refractivity contribution in [3.8, 4) is 0 Å². The first-order valence-electron chi connectivity index (χ1n) is 5.61. The van der Waals surface area contributed by atoms with E-state index in [-0.39, 0.29) is 11.0 Å². The van der Waals surface area contributed by atoms with E-state index in [1.54, 1.807) is 0 Å². The number of nitrogens with zero attached hydrogens (tertiary/aromatic N) is 1. The summed E-state index contributed by atoms with van der Waals surface area (Å²) in [6.07, 6.45) is 1.15. The lowest BCUT2D eigenvalue weighted by Crippen LogP contribution is -2.25. The highest BCUT2D eigenvalue weighted by molar-refractivity contribution is 14.1. The number of aromatic nitrogens is 2. The molecule has 1 aliphatic carbocycles. The summed E-state index contributed by atoms with van der Waals surface area (Å²) in [6.45, 7) is 8.48. The van der Waals surface area contributed by atoms with Crippen LogP contribution in [0.1, 0.15) is 51.6 Å². The van der Waals surface area contributed by atoms with Crippen molar-refractivity contribution in [2.75, 3.05) is 0 Å². The SMILES string of the molecule is CC1CC1c1nc(C(C)(C)C)c(I)c(=O)[nH]1. The van der Waals surface area contributed by atoms with Crippen LogP contribution in [0, 0.1) is 9.49 Å². The fourth-order valence-corrected chi connectivity index (χ4v) is 2.92. The Kier molecular flexibility index (Phi) is 2.88. The van der Waals surface area contributed by atoms with E-state index in [4.69, 9.17) is 0 Å². The standard InChI is InChI=1S/C12H17IN2O/c1-6-5-7(6)10-14-9(12(2,3)4)8(13)11(16)15-10/h6-7H,5H2,1-4H3,(H,14,15,16). The van der Waals surface area contributed by atoms with E-state index >= 15 is 0 Å². The summed E-state index contributed by atoms with van der Waals surface area (Å²) >= 11 is 2.09. The monoisotopic (exact) mass is 332 g/mol. The zero-order chi connectivity index (χ0) is 12.1. The first-order valence-corrected chi connectivity index (χ1v) is 6.68. The van der Waals surface area contributed by atoms with Crippen molar-refractivity contribution >= 4 is 22.6 Å². The van der Waals surface area contributed by atoms with Gasteiger partial charge in [-0.15, -0.1) is 0 Å². The summed E-state index contributed by atoms with van der Waals surface area (Å²) in [5.41, 5.74) is 0.859. The van der Waals surface area contributed by atoms with Crippen molar-refractivity contribution in [2.24, 2.45) is 5.92 Å². The Morgan fingerprint density at radius 2 is 2.00 bits per heavy atom. The molecular weight excluding hydrogens is 315 g/mol. The largest absolute Gasteiger partial charge is 0.309 e. The second-order valence-electron chi connectivity index (χ2n) is 5.68. The van der Waals surface area contributed by atoms with Gasteiger partial charge < -0.3 is 4.98 Å². The van der Waals surface area contributed by atoms with Crippen molar-refractivity contribution < 1.29 is 0 Å². The molecule has 1 heterocycles. The second kappa shape index (κ2) is 3.82. The molecule has 2 unspecified atom stereocenters. The summed E-state index contributed by atoms with van der Waals surface area (Å²) in [4.78, 5) is 19.4. The molecule has 88 valence electrons. The van der Waals surface area contributed by atoms with Crippen LogP contribution in [-0.4, -0.2) is 9.97 Å². The first-order chi connectivity index (χ1) is 7.30. The van der Waals surface area contributed by atoms with Crippen LogP contribution < -0.4 is 5.56 Å². The molecule has 4 heteroatoms. The van der Waals surface area contributed by atoms with Crippen molar-refractivity contribution in [3.63, 3.8) is 0 Å². The number of hydrogen-bond donors (Lipinski definition) is 1. The van der Waals surface area contributed by atoms with Crippen molar-refractivity contribution in [1.82, 2.24) is 9.97 Å². The predicted molar refractivity (Wildman–Crippen MR) is 72.8 cm³/mol. The smallest absolute Gasteiger partial charge is 0.264 e. The summed E-state index contributed by atoms with van der Waals surface area (Å²) in [7, 11) is 0. The molecule has 1 aromatic rings. The lowest BCUT2D eigenvalue weighted by molar-refractivity contribution is 0.554. The van der Waals surface area contributed by atoms with Gasteiger partial charge in [-0.3, -0.25) is 4.79 Å². The fourth-order valence-electron chi connectivity index (χ4n) is 1.85. The van der Waals surface area contributed by atoms with Gasteiger partial charge in [-0.1, -0.05) is 27.7 Å². The molecule has 1 fully saturated rings. The van der Waals surface area contributed by atoms with Gasteiger partial charge in [0.2, 0.25) is 0 Å². The van der Waals surface area contributed by atoms with Gasteiger partial charge >= 0.3 is 0 Å². The Bertz CT molecular complexity index is 473. The van der Waals surface area contributed by atoms with Crippen LogP contribution >= 0.6 is 22.6 Å². The maximum absolute atomic E-state index is 11.8. The highest BCUT2D eigenvalue weighted by atomic mass is 127. The van der Waals surface area contributed by atoms with E-state index in [0.717, 1.165) is 21.5 Å². The van der Waals surface area contributed by atoms with Crippen molar-refractivity contribution in [3.05, 3.63) is 25.4 Å². The minimum absolute atomic E-state index is 0.00891. The molecule has 16 heavy (non-hydrogen) atoms. The summed E-state index contributed by atoms with van der Waals surface area (Å²) in [5, 5.41) is 0. The molecule has 1 saturated carbocycles. The second-order valence-corrected chi connectivity index (χ2v) is 6.76. The van der Waals surface area contributed by atoms with Crippen LogP contribution in [0.3, 0.4) is 0 Å². The Labute approximate surface area is 109 Å². The molecular formula is C12H17IN2O. The van der Waals surface area contributed by atoms with Gasteiger partial charge in [0.15, 0.2) is 0 Å². The molecule has 0 bridgehead atoms. The van der Waals surface area contributed by atoms with Crippen LogP contribution in [0.15, 0.2) is 4.79 Å². The Morgan fingerprint density at radius 1 is 1.44 bits per heavy atom. The lowest BCUT2D eigenvalue weighted by atomic mass is 9.92. The predicted octanol–water partition coefficient (Wildman–Crippen LogP) is 2.80. The average molecular weight is 332 g/mol. The zero-order valence-corrected chi connectivity index (χ0v) is 12.3. The molecule has 0 aromatic carbocycles. The number of hydrogen-bond acceptors (Lipinski definition) is 2. The van der Waals surface area contributed by atoms with Gasteiger partial charge in [-0.05, 0) is 34.9 Å². The summed E-state index contributed by atoms with van der Waals surface area (Å²) in [5.74, 6) is 2.00. The molecule has 0 aliphatic heterocycles. The van der Waals surface area contributed by atoms with Crippen LogP contribution in [0.4, 0.5) is 0 Å². The minimum atomic E-state index is -0.0718. The molecule has 0 radical (unpaired) electrons. The number of nitrogens with one attached hydrogen (secondary N) is 1. The van der Waals surface area contributed by atoms with E-state index in [9.17, 15) is 4.79 Å². The van der Waals surface area contributed by atoms with E-state index < -0.39 is 0 Å². The van der Waals surface area contributed by atoms with Crippen LogP contribution in [0.5, 0.6) is 0 Å². The normalized spacial score (nSPS) is 24.6. The highest BCUT2D eigenvalue weighted by Gasteiger charge is 2.37. The third-order valence-electron chi connectivity index (χ3n) is 3.05. The molecule has 1 N–H and O–H groups in total. The van der Waals surface area contributed by atoms with Crippen molar-refractivity contribution in [1.29, 1.82) is 0 Å². The molecule has 1 aliphatic rings. The van der Waals surface area contributed by atoms with Crippen LogP contribution in [-0.2, 0) is 5.41 Å². The number of aromatic amines is 1. The van der Waals surface area contributed by atoms with E-state index in [1.165, 1.54) is 0 Å². The van der Waals surface area contributed by atoms with Gasteiger partial charge in [0.1, 0.15) is 9.39 Å². The third-order valence-corrected chi connectivity index (χ3v) is 4.05. The number of H-pyrrole nitrogens is 1. The molecule has 0 saturated heterocycles.